The number of aromatic nitrogens is 2. The summed E-state index contributed by atoms with van der Waals surface area (Å²) in [5.74, 6) is -0.136. The van der Waals surface area contributed by atoms with Crippen LogP contribution in [-0.2, 0) is 6.54 Å². The quantitative estimate of drug-likeness (QED) is 0.802. The molecule has 6 heteroatoms. The molecule has 0 bridgehead atoms. The van der Waals surface area contributed by atoms with E-state index in [0.717, 1.165) is 10.0 Å². The average molecular weight is 289 g/mol. The van der Waals surface area contributed by atoms with Gasteiger partial charge in [0.2, 0.25) is 0 Å². The van der Waals surface area contributed by atoms with Crippen molar-refractivity contribution >= 4 is 28.6 Å². The highest BCUT2D eigenvalue weighted by Gasteiger charge is 2.11. The van der Waals surface area contributed by atoms with Crippen molar-refractivity contribution in [3.8, 4) is 5.13 Å². The van der Waals surface area contributed by atoms with Gasteiger partial charge in [-0.1, -0.05) is 6.07 Å². The molecule has 3 heterocycles. The lowest BCUT2D eigenvalue weighted by Gasteiger charge is -2.00. The Balaban J connectivity index is 1.67. The largest absolute Gasteiger partial charge is 0.346 e. The van der Waals surface area contributed by atoms with E-state index >= 15 is 0 Å². The predicted octanol–water partition coefficient (Wildman–Crippen LogP) is 2.93. The molecule has 3 aromatic rings. The Kier molecular flexibility index (Phi) is 3.43. The summed E-state index contributed by atoms with van der Waals surface area (Å²) >= 11 is 3.08. The highest BCUT2D eigenvalue weighted by atomic mass is 32.1. The first-order valence-electron chi connectivity index (χ1n) is 5.72. The Labute approximate surface area is 118 Å². The molecule has 0 atom stereocenters. The number of nitrogens with one attached hydrogen (secondary N) is 1. The van der Waals surface area contributed by atoms with Gasteiger partial charge in [0.25, 0.3) is 5.91 Å². The van der Waals surface area contributed by atoms with E-state index in [0.29, 0.717) is 12.2 Å². The van der Waals surface area contributed by atoms with Gasteiger partial charge < -0.3 is 9.88 Å². The van der Waals surface area contributed by atoms with Gasteiger partial charge in [0.15, 0.2) is 5.13 Å². The summed E-state index contributed by atoms with van der Waals surface area (Å²) < 4.78 is 1.89. The maximum absolute atomic E-state index is 12.0. The van der Waals surface area contributed by atoms with Crippen LogP contribution >= 0.6 is 22.7 Å². The molecule has 0 spiro atoms. The lowest BCUT2D eigenvalue weighted by Crippen LogP contribution is -2.22. The fourth-order valence-corrected chi connectivity index (χ4v) is 3.04. The normalized spacial score (nSPS) is 10.5. The molecule has 0 saturated carbocycles. The van der Waals surface area contributed by atoms with E-state index in [4.69, 9.17) is 0 Å². The molecule has 0 aliphatic rings. The van der Waals surface area contributed by atoms with Gasteiger partial charge in [0.05, 0.1) is 6.54 Å². The summed E-state index contributed by atoms with van der Waals surface area (Å²) in [5, 5.41) is 7.44. The molecule has 0 aliphatic heterocycles. The number of hydrogen-bond donors (Lipinski definition) is 1. The van der Waals surface area contributed by atoms with Gasteiger partial charge in [-0.15, -0.1) is 22.7 Å². The second-order valence-corrected chi connectivity index (χ2v) is 5.74. The van der Waals surface area contributed by atoms with Crippen LogP contribution in [0.3, 0.4) is 0 Å². The molecule has 0 aliphatic carbocycles. The third kappa shape index (κ3) is 2.74. The van der Waals surface area contributed by atoms with Gasteiger partial charge in [-0.2, -0.15) is 0 Å². The summed E-state index contributed by atoms with van der Waals surface area (Å²) in [6, 6.07) is 7.83. The number of thiazole rings is 1. The minimum Gasteiger partial charge on any atom is -0.346 e. The van der Waals surface area contributed by atoms with Gasteiger partial charge in [-0.3, -0.25) is 4.79 Å². The molecule has 3 rings (SSSR count). The molecule has 0 radical (unpaired) electrons. The smallest absolute Gasteiger partial charge is 0.271 e. The molecule has 3 aromatic heterocycles. The molecular weight excluding hydrogens is 278 g/mol. The molecule has 0 unspecified atom stereocenters. The number of rotatable bonds is 4. The number of carbonyl (C=O) groups excluding carboxylic acids is 1. The van der Waals surface area contributed by atoms with Crippen molar-refractivity contribution in [3.63, 3.8) is 0 Å². The topological polar surface area (TPSA) is 46.9 Å². The maximum Gasteiger partial charge on any atom is 0.271 e. The van der Waals surface area contributed by atoms with Crippen molar-refractivity contribution in [2.45, 2.75) is 6.54 Å². The van der Waals surface area contributed by atoms with Gasteiger partial charge in [0.1, 0.15) is 5.69 Å². The molecule has 1 N–H and O–H groups in total. The van der Waals surface area contributed by atoms with Crippen molar-refractivity contribution < 1.29 is 4.79 Å². The highest BCUT2D eigenvalue weighted by Crippen LogP contribution is 2.15. The van der Waals surface area contributed by atoms with E-state index in [1.807, 2.05) is 46.6 Å². The van der Waals surface area contributed by atoms with Crippen LogP contribution in [0, 0.1) is 0 Å². The number of amides is 1. The number of thiophene rings is 1. The van der Waals surface area contributed by atoms with E-state index in [9.17, 15) is 4.79 Å². The summed E-state index contributed by atoms with van der Waals surface area (Å²) in [6.45, 7) is 0.548. The third-order valence-corrected chi connectivity index (χ3v) is 4.28. The number of carbonyl (C=O) groups is 1. The maximum atomic E-state index is 12.0. The Morgan fingerprint density at radius 1 is 1.26 bits per heavy atom. The van der Waals surface area contributed by atoms with Crippen LogP contribution in [-0.4, -0.2) is 15.5 Å². The lowest BCUT2D eigenvalue weighted by atomic mass is 10.4. The zero-order chi connectivity index (χ0) is 13.1. The summed E-state index contributed by atoms with van der Waals surface area (Å²) in [6.07, 6.45) is 3.82. The first kappa shape index (κ1) is 12.1. The van der Waals surface area contributed by atoms with Crippen LogP contribution in [0.1, 0.15) is 15.4 Å². The molecule has 1 amide bonds. The van der Waals surface area contributed by atoms with Gasteiger partial charge in [0, 0.05) is 22.7 Å². The molecular formula is C13H11N3OS2. The second-order valence-electron chi connectivity index (χ2n) is 3.87. The lowest BCUT2D eigenvalue weighted by molar-refractivity contribution is 0.0947. The fourth-order valence-electron chi connectivity index (χ4n) is 1.62. The SMILES string of the molecule is O=C(NCc1cccs1)c1csc(-n2cccc2)n1. The van der Waals surface area contributed by atoms with Crippen molar-refractivity contribution in [2.24, 2.45) is 0 Å². The molecule has 4 nitrogen and oxygen atoms in total. The van der Waals surface area contributed by atoms with Crippen LogP contribution in [0.25, 0.3) is 5.13 Å². The van der Waals surface area contributed by atoms with Crippen LogP contribution in [0.2, 0.25) is 0 Å². The second kappa shape index (κ2) is 5.38. The first-order valence-corrected chi connectivity index (χ1v) is 7.48. The van der Waals surface area contributed by atoms with Crippen molar-refractivity contribution in [1.29, 1.82) is 0 Å². The standard InChI is InChI=1S/C13H11N3OS2/c17-12(14-8-10-4-3-7-18-10)11-9-19-13(15-11)16-5-1-2-6-16/h1-7,9H,8H2,(H,14,17). The predicted molar refractivity (Wildman–Crippen MR) is 76.9 cm³/mol. The zero-order valence-electron chi connectivity index (χ0n) is 9.95. The van der Waals surface area contributed by atoms with Crippen LogP contribution in [0.15, 0.2) is 47.4 Å². The van der Waals surface area contributed by atoms with Crippen LogP contribution in [0.5, 0.6) is 0 Å². The van der Waals surface area contributed by atoms with Gasteiger partial charge >= 0.3 is 0 Å². The van der Waals surface area contributed by atoms with Gasteiger partial charge in [-0.25, -0.2) is 4.98 Å². The van der Waals surface area contributed by atoms with Crippen molar-refractivity contribution in [3.05, 3.63) is 58.0 Å². The molecule has 0 fully saturated rings. The minimum absolute atomic E-state index is 0.136. The van der Waals surface area contributed by atoms with E-state index in [1.54, 1.807) is 16.7 Å². The highest BCUT2D eigenvalue weighted by molar-refractivity contribution is 7.12. The number of hydrogen-bond acceptors (Lipinski definition) is 4. The Bertz CT molecular complexity index is 656. The Morgan fingerprint density at radius 3 is 2.84 bits per heavy atom. The third-order valence-electron chi connectivity index (χ3n) is 2.55. The number of nitrogens with zero attached hydrogens (tertiary/aromatic N) is 2. The van der Waals surface area contributed by atoms with Crippen LogP contribution < -0.4 is 5.32 Å². The molecule has 0 aromatic carbocycles. The van der Waals surface area contributed by atoms with E-state index in [2.05, 4.69) is 10.3 Å². The van der Waals surface area contributed by atoms with Gasteiger partial charge in [-0.05, 0) is 23.6 Å². The van der Waals surface area contributed by atoms with E-state index in [1.165, 1.54) is 11.3 Å². The van der Waals surface area contributed by atoms with E-state index < -0.39 is 0 Å². The van der Waals surface area contributed by atoms with Crippen molar-refractivity contribution in [2.75, 3.05) is 0 Å². The summed E-state index contributed by atoms with van der Waals surface area (Å²) in [7, 11) is 0. The van der Waals surface area contributed by atoms with Crippen molar-refractivity contribution in [1.82, 2.24) is 14.9 Å². The summed E-state index contributed by atoms with van der Waals surface area (Å²) in [4.78, 5) is 17.4. The minimum atomic E-state index is -0.136. The Morgan fingerprint density at radius 2 is 2.11 bits per heavy atom. The molecule has 96 valence electrons. The zero-order valence-corrected chi connectivity index (χ0v) is 11.6. The first-order chi connectivity index (χ1) is 9.33. The average Bonchev–Trinajstić information content (AvgIpc) is 3.14. The molecule has 0 saturated heterocycles. The molecule has 19 heavy (non-hydrogen) atoms. The fraction of sp³-hybridized carbons (Fsp3) is 0.0769. The Hall–Kier alpha value is -1.92. The van der Waals surface area contributed by atoms with E-state index in [-0.39, 0.29) is 5.91 Å². The monoisotopic (exact) mass is 289 g/mol. The summed E-state index contributed by atoms with van der Waals surface area (Å²) in [5.41, 5.74) is 0.463. The van der Waals surface area contributed by atoms with Crippen LogP contribution in [0.4, 0.5) is 0 Å².